The van der Waals surface area contributed by atoms with E-state index in [4.69, 9.17) is 0 Å². The Kier molecular flexibility index (Phi) is 8.47. The number of rotatable bonds is 3. The number of anilines is 1. The van der Waals surface area contributed by atoms with Gasteiger partial charge in [0.2, 0.25) is 5.91 Å². The van der Waals surface area contributed by atoms with Crippen LogP contribution in [0.3, 0.4) is 0 Å². The van der Waals surface area contributed by atoms with E-state index in [1.165, 1.54) is 0 Å². The van der Waals surface area contributed by atoms with Crippen molar-refractivity contribution in [1.29, 1.82) is 0 Å². The summed E-state index contributed by atoms with van der Waals surface area (Å²) in [4.78, 5) is 15.5. The molecule has 0 aromatic heterocycles. The number of carbonyl (C=O) groups is 1. The van der Waals surface area contributed by atoms with E-state index >= 15 is 0 Å². The predicted octanol–water partition coefficient (Wildman–Crippen LogP) is 3.65. The average molecular weight is 380 g/mol. The number of hydrogen-bond donors (Lipinski definition) is 0. The van der Waals surface area contributed by atoms with Crippen LogP contribution in [0.5, 0.6) is 0 Å². The second-order valence-corrected chi connectivity index (χ2v) is 8.98. The minimum absolute atomic E-state index is 0.142. The van der Waals surface area contributed by atoms with Crippen molar-refractivity contribution in [3.63, 3.8) is 0 Å². The highest BCUT2D eigenvalue weighted by Gasteiger charge is 2.20. The first-order valence-corrected chi connectivity index (χ1v) is 10.4. The smallest absolute Gasteiger partial charge is 0.219 e. The Bertz CT molecular complexity index is 640. The van der Waals surface area contributed by atoms with Gasteiger partial charge in [-0.3, -0.25) is 4.79 Å². The number of piperazine rings is 1. The normalized spacial score (nSPS) is 16.7. The molecule has 26 heavy (non-hydrogen) atoms. The van der Waals surface area contributed by atoms with Crippen LogP contribution in [0.4, 0.5) is 5.69 Å². The van der Waals surface area contributed by atoms with Crippen LogP contribution in [0.25, 0.3) is 0 Å². The largest absolute Gasteiger partial charge is 0.368 e. The third-order valence-corrected chi connectivity index (χ3v) is 5.61. The molecule has 0 radical (unpaired) electrons. The second kappa shape index (κ2) is 9.86. The van der Waals surface area contributed by atoms with Gasteiger partial charge in [-0.1, -0.05) is 26.0 Å². The molecule has 0 unspecified atom stereocenters. The van der Waals surface area contributed by atoms with Crippen molar-refractivity contribution in [1.82, 2.24) is 4.90 Å². The number of nitrogens with zero attached hydrogens (tertiary/aromatic N) is 3. The minimum atomic E-state index is -1.25. The van der Waals surface area contributed by atoms with Crippen molar-refractivity contribution in [2.75, 3.05) is 31.1 Å². The summed E-state index contributed by atoms with van der Waals surface area (Å²) in [6.07, 6.45) is 0. The maximum absolute atomic E-state index is 12.1. The molecule has 6 heteroatoms. The maximum Gasteiger partial charge on any atom is 0.219 e. The van der Waals surface area contributed by atoms with Gasteiger partial charge in [0.15, 0.2) is 0 Å². The van der Waals surface area contributed by atoms with Crippen LogP contribution >= 0.6 is 0 Å². The van der Waals surface area contributed by atoms with E-state index in [1.807, 2.05) is 58.6 Å². The van der Waals surface area contributed by atoms with Crippen LogP contribution in [0, 0.1) is 0 Å². The summed E-state index contributed by atoms with van der Waals surface area (Å²) in [6, 6.07) is 8.17. The lowest BCUT2D eigenvalue weighted by Crippen LogP contribution is -2.48. The Labute approximate surface area is 161 Å². The zero-order valence-corrected chi connectivity index (χ0v) is 18.0. The van der Waals surface area contributed by atoms with Gasteiger partial charge in [0.1, 0.15) is 11.0 Å². The summed E-state index contributed by atoms with van der Waals surface area (Å²) in [5.41, 5.74) is 2.92. The SMILES string of the molecule is CC.CC(=O)N1CCN(c2ccc(/C(C)=N/[S@](=O)C(C)(C)C)cc2)CC1. The molecule has 1 aliphatic rings. The Hall–Kier alpha value is -1.69. The average Bonchev–Trinajstić information content (AvgIpc) is 2.62. The minimum Gasteiger partial charge on any atom is -0.368 e. The topological polar surface area (TPSA) is 53.0 Å². The zero-order chi connectivity index (χ0) is 19.9. The molecule has 0 saturated carbocycles. The van der Waals surface area contributed by atoms with Crippen molar-refractivity contribution in [2.45, 2.75) is 53.2 Å². The van der Waals surface area contributed by atoms with E-state index in [0.29, 0.717) is 0 Å². The highest BCUT2D eigenvalue weighted by atomic mass is 32.2. The molecule has 1 saturated heterocycles. The number of amides is 1. The summed E-state index contributed by atoms with van der Waals surface area (Å²) >= 11 is 0. The van der Waals surface area contributed by atoms with Crippen molar-refractivity contribution in [2.24, 2.45) is 4.40 Å². The van der Waals surface area contributed by atoms with E-state index in [2.05, 4.69) is 21.4 Å². The molecule has 5 nitrogen and oxygen atoms in total. The summed E-state index contributed by atoms with van der Waals surface area (Å²) in [7, 11) is -1.25. The van der Waals surface area contributed by atoms with Crippen LogP contribution in [-0.4, -0.2) is 51.7 Å². The molecule has 1 heterocycles. The highest BCUT2D eigenvalue weighted by Crippen LogP contribution is 2.19. The Morgan fingerprint density at radius 1 is 1.00 bits per heavy atom. The second-order valence-electron chi connectivity index (χ2n) is 7.08. The van der Waals surface area contributed by atoms with E-state index in [1.54, 1.807) is 6.92 Å². The lowest BCUT2D eigenvalue weighted by Gasteiger charge is -2.35. The molecule has 0 spiro atoms. The first kappa shape index (κ1) is 22.4. The summed E-state index contributed by atoms with van der Waals surface area (Å²) in [5, 5.41) is 0. The van der Waals surface area contributed by atoms with E-state index in [0.717, 1.165) is 43.1 Å². The first-order chi connectivity index (χ1) is 12.2. The zero-order valence-electron chi connectivity index (χ0n) is 17.2. The van der Waals surface area contributed by atoms with Crippen molar-refractivity contribution in [3.8, 4) is 0 Å². The fraction of sp³-hybridized carbons (Fsp3) is 0.600. The number of benzene rings is 1. The van der Waals surface area contributed by atoms with Gasteiger partial charge in [0.25, 0.3) is 0 Å². The molecule has 1 aromatic carbocycles. The van der Waals surface area contributed by atoms with Crippen molar-refractivity contribution < 1.29 is 9.00 Å². The molecular weight excluding hydrogens is 346 g/mol. The molecule has 1 aromatic rings. The van der Waals surface area contributed by atoms with Crippen LogP contribution in [0.1, 0.15) is 54.0 Å². The van der Waals surface area contributed by atoms with Gasteiger partial charge < -0.3 is 9.80 Å². The fourth-order valence-electron chi connectivity index (χ4n) is 2.51. The number of hydrogen-bond acceptors (Lipinski definition) is 3. The lowest BCUT2D eigenvalue weighted by atomic mass is 10.1. The lowest BCUT2D eigenvalue weighted by molar-refractivity contribution is -0.129. The van der Waals surface area contributed by atoms with Crippen molar-refractivity contribution >= 4 is 28.3 Å². The van der Waals surface area contributed by atoms with Crippen LogP contribution in [0.15, 0.2) is 28.7 Å². The Morgan fingerprint density at radius 2 is 1.50 bits per heavy atom. The predicted molar refractivity (Wildman–Crippen MR) is 112 cm³/mol. The third-order valence-electron chi connectivity index (χ3n) is 4.12. The molecule has 146 valence electrons. The molecule has 0 N–H and O–H groups in total. The molecule has 1 fully saturated rings. The standard InChI is InChI=1S/C18H27N3O2S.C2H6/c1-14(19-24(23)18(3,4)5)16-6-8-17(9-7-16)21-12-10-20(11-13-21)15(2)22;1-2/h6-9H,10-13H2,1-5H3;1-2H3/b19-14+;/t24-;/m1./s1. The molecule has 1 aliphatic heterocycles. The van der Waals surface area contributed by atoms with Crippen LogP contribution in [-0.2, 0) is 15.8 Å². The fourth-order valence-corrected chi connectivity index (χ4v) is 3.14. The van der Waals surface area contributed by atoms with E-state index in [9.17, 15) is 9.00 Å². The van der Waals surface area contributed by atoms with Crippen LogP contribution < -0.4 is 4.90 Å². The van der Waals surface area contributed by atoms with Gasteiger partial charge >= 0.3 is 0 Å². The van der Waals surface area contributed by atoms with Gasteiger partial charge in [-0.05, 0) is 45.4 Å². The van der Waals surface area contributed by atoms with Gasteiger partial charge in [-0.15, -0.1) is 0 Å². The molecular formula is C20H33N3O2S. The van der Waals surface area contributed by atoms with E-state index < -0.39 is 11.0 Å². The Morgan fingerprint density at radius 3 is 1.92 bits per heavy atom. The first-order valence-electron chi connectivity index (χ1n) is 9.26. The summed E-state index contributed by atoms with van der Waals surface area (Å²) in [5.74, 6) is 0.142. The molecule has 1 atom stereocenters. The third kappa shape index (κ3) is 6.24. The van der Waals surface area contributed by atoms with Gasteiger partial charge in [0.05, 0.1) is 10.5 Å². The Balaban J connectivity index is 0.00000163. The maximum atomic E-state index is 12.1. The quantitative estimate of drug-likeness (QED) is 0.753. The summed E-state index contributed by atoms with van der Waals surface area (Å²) in [6.45, 7) is 16.5. The number of carbonyl (C=O) groups excluding carboxylic acids is 1. The van der Waals surface area contributed by atoms with Gasteiger partial charge in [-0.2, -0.15) is 4.40 Å². The molecule has 2 rings (SSSR count). The van der Waals surface area contributed by atoms with Gasteiger partial charge in [-0.25, -0.2) is 4.21 Å². The highest BCUT2D eigenvalue weighted by molar-refractivity contribution is 7.85. The van der Waals surface area contributed by atoms with E-state index in [-0.39, 0.29) is 10.7 Å². The molecule has 0 bridgehead atoms. The van der Waals surface area contributed by atoms with Crippen molar-refractivity contribution in [3.05, 3.63) is 29.8 Å². The molecule has 1 amide bonds. The molecule has 0 aliphatic carbocycles. The van der Waals surface area contributed by atoms with Gasteiger partial charge in [0, 0.05) is 38.8 Å². The van der Waals surface area contributed by atoms with Crippen LogP contribution in [0.2, 0.25) is 0 Å². The monoisotopic (exact) mass is 379 g/mol. The summed E-state index contributed by atoms with van der Waals surface area (Å²) < 4.78 is 16.1.